The van der Waals surface area contributed by atoms with Gasteiger partial charge in [-0.25, -0.2) is 9.59 Å². The van der Waals surface area contributed by atoms with Crippen LogP contribution >= 0.6 is 11.8 Å². The minimum Gasteiger partial charge on any atom is -0.480 e. The summed E-state index contributed by atoms with van der Waals surface area (Å²) in [4.78, 5) is 24.9. The number of carbonyl (C=O) groups is 2. The lowest BCUT2D eigenvalue weighted by Gasteiger charge is -2.24. The van der Waals surface area contributed by atoms with Crippen LogP contribution in [-0.4, -0.2) is 66.4 Å². The SMILES string of the molecule is COCCN(C(=O)N[C@@H](CCSC)C(=O)O)C1CC1. The normalized spacial score (nSPS) is 15.9. The molecule has 1 atom stereocenters. The van der Waals surface area contributed by atoms with Gasteiger partial charge in [-0.3, -0.25) is 0 Å². The minimum atomic E-state index is -0.982. The predicted octanol–water partition coefficient (Wildman–Crippen LogP) is 1.01. The van der Waals surface area contributed by atoms with Crippen LogP contribution in [0.3, 0.4) is 0 Å². The lowest BCUT2D eigenvalue weighted by molar-refractivity contribution is -0.139. The summed E-state index contributed by atoms with van der Waals surface area (Å²) in [5.41, 5.74) is 0. The van der Waals surface area contributed by atoms with Crippen molar-refractivity contribution >= 4 is 23.8 Å². The first kappa shape index (κ1) is 16.1. The van der Waals surface area contributed by atoms with Gasteiger partial charge >= 0.3 is 12.0 Å². The van der Waals surface area contributed by atoms with Crippen molar-refractivity contribution in [2.45, 2.75) is 31.3 Å². The molecule has 7 heteroatoms. The second kappa shape index (κ2) is 8.27. The lowest BCUT2D eigenvalue weighted by atomic mass is 10.2. The third kappa shape index (κ3) is 5.69. The van der Waals surface area contributed by atoms with Gasteiger partial charge in [0, 0.05) is 19.7 Å². The van der Waals surface area contributed by atoms with E-state index in [9.17, 15) is 9.59 Å². The van der Waals surface area contributed by atoms with E-state index in [2.05, 4.69) is 5.32 Å². The first-order chi connectivity index (χ1) is 9.10. The van der Waals surface area contributed by atoms with Crippen LogP contribution in [0.2, 0.25) is 0 Å². The Bertz CT molecular complexity index is 310. The maximum absolute atomic E-state index is 12.1. The van der Waals surface area contributed by atoms with E-state index in [1.807, 2.05) is 6.26 Å². The van der Waals surface area contributed by atoms with Crippen LogP contribution in [0.25, 0.3) is 0 Å². The van der Waals surface area contributed by atoms with Crippen LogP contribution in [0, 0.1) is 0 Å². The molecule has 0 spiro atoms. The molecule has 1 aliphatic carbocycles. The second-order valence-corrected chi connectivity index (χ2v) is 5.52. The van der Waals surface area contributed by atoms with E-state index in [4.69, 9.17) is 9.84 Å². The van der Waals surface area contributed by atoms with Gasteiger partial charge in [0.05, 0.1) is 6.61 Å². The van der Waals surface area contributed by atoms with Crippen molar-refractivity contribution in [2.24, 2.45) is 0 Å². The smallest absolute Gasteiger partial charge is 0.326 e. The summed E-state index contributed by atoms with van der Waals surface area (Å²) < 4.78 is 4.98. The number of nitrogens with zero attached hydrogens (tertiary/aromatic N) is 1. The van der Waals surface area contributed by atoms with Crippen LogP contribution in [0.15, 0.2) is 0 Å². The molecule has 0 aliphatic heterocycles. The van der Waals surface area contributed by atoms with E-state index in [1.165, 1.54) is 0 Å². The summed E-state index contributed by atoms with van der Waals surface area (Å²) in [6.45, 7) is 0.967. The molecule has 6 nitrogen and oxygen atoms in total. The Morgan fingerprint density at radius 2 is 2.21 bits per heavy atom. The average molecular weight is 290 g/mol. The summed E-state index contributed by atoms with van der Waals surface area (Å²) >= 11 is 1.57. The van der Waals surface area contributed by atoms with Crippen molar-refractivity contribution in [1.29, 1.82) is 0 Å². The number of carbonyl (C=O) groups excluding carboxylic acids is 1. The van der Waals surface area contributed by atoms with Crippen molar-refractivity contribution in [1.82, 2.24) is 10.2 Å². The molecule has 0 unspecified atom stereocenters. The number of methoxy groups -OCH3 is 1. The van der Waals surface area contributed by atoms with Gasteiger partial charge in [0.1, 0.15) is 6.04 Å². The predicted molar refractivity (Wildman–Crippen MR) is 74.6 cm³/mol. The number of nitrogens with one attached hydrogen (secondary N) is 1. The van der Waals surface area contributed by atoms with Crippen molar-refractivity contribution in [3.8, 4) is 0 Å². The molecular formula is C12H22N2O4S. The Hall–Kier alpha value is -0.950. The number of carboxylic acids is 1. The van der Waals surface area contributed by atoms with E-state index in [0.717, 1.165) is 12.8 Å². The van der Waals surface area contributed by atoms with Crippen molar-refractivity contribution in [3.05, 3.63) is 0 Å². The van der Waals surface area contributed by atoms with E-state index in [0.29, 0.717) is 25.3 Å². The summed E-state index contributed by atoms with van der Waals surface area (Å²) in [7, 11) is 1.58. The molecule has 110 valence electrons. The number of carboxylic acid groups (broad SMARTS) is 1. The Morgan fingerprint density at radius 3 is 2.68 bits per heavy atom. The minimum absolute atomic E-state index is 0.241. The standard InChI is InChI=1S/C12H22N2O4S/c1-18-7-6-14(9-3-4-9)12(17)13-10(11(15)16)5-8-19-2/h9-10H,3-8H2,1-2H3,(H,13,17)(H,15,16)/t10-/m0/s1. The highest BCUT2D eigenvalue weighted by Crippen LogP contribution is 2.26. The third-order valence-corrected chi connectivity index (χ3v) is 3.64. The summed E-state index contributed by atoms with van der Waals surface area (Å²) in [6.07, 6.45) is 4.32. The summed E-state index contributed by atoms with van der Waals surface area (Å²) in [5, 5.41) is 11.7. The van der Waals surface area contributed by atoms with Crippen molar-refractivity contribution in [3.63, 3.8) is 0 Å². The molecule has 0 bridgehead atoms. The zero-order chi connectivity index (χ0) is 14.3. The fourth-order valence-electron chi connectivity index (χ4n) is 1.75. The highest BCUT2D eigenvalue weighted by atomic mass is 32.2. The van der Waals surface area contributed by atoms with Gasteiger partial charge in [0.2, 0.25) is 0 Å². The molecule has 1 saturated carbocycles. The van der Waals surface area contributed by atoms with Gasteiger partial charge in [-0.1, -0.05) is 0 Å². The fourth-order valence-corrected chi connectivity index (χ4v) is 2.22. The van der Waals surface area contributed by atoms with Gasteiger partial charge in [0.15, 0.2) is 0 Å². The zero-order valence-electron chi connectivity index (χ0n) is 11.4. The zero-order valence-corrected chi connectivity index (χ0v) is 12.2. The summed E-state index contributed by atoms with van der Waals surface area (Å²) in [5.74, 6) is -0.274. The van der Waals surface area contributed by atoms with E-state index in [-0.39, 0.29) is 12.1 Å². The Morgan fingerprint density at radius 1 is 1.53 bits per heavy atom. The first-order valence-electron chi connectivity index (χ1n) is 6.38. The van der Waals surface area contributed by atoms with Crippen LogP contribution in [0.4, 0.5) is 4.79 Å². The highest BCUT2D eigenvalue weighted by molar-refractivity contribution is 7.98. The molecule has 1 rings (SSSR count). The molecular weight excluding hydrogens is 268 g/mol. The van der Waals surface area contributed by atoms with Crippen LogP contribution in [-0.2, 0) is 9.53 Å². The lowest BCUT2D eigenvalue weighted by Crippen LogP contribution is -2.49. The van der Waals surface area contributed by atoms with E-state index >= 15 is 0 Å². The molecule has 0 heterocycles. The Balaban J connectivity index is 2.49. The van der Waals surface area contributed by atoms with Crippen molar-refractivity contribution < 1.29 is 19.4 Å². The molecule has 1 aliphatic rings. The molecule has 2 N–H and O–H groups in total. The number of hydrogen-bond acceptors (Lipinski definition) is 4. The maximum Gasteiger partial charge on any atom is 0.326 e. The van der Waals surface area contributed by atoms with E-state index < -0.39 is 12.0 Å². The number of aliphatic carboxylic acids is 1. The highest BCUT2D eigenvalue weighted by Gasteiger charge is 2.33. The Kier molecular flexibility index (Phi) is 7.01. The van der Waals surface area contributed by atoms with Gasteiger partial charge in [0.25, 0.3) is 0 Å². The van der Waals surface area contributed by atoms with Gasteiger partial charge in [-0.15, -0.1) is 0 Å². The monoisotopic (exact) mass is 290 g/mol. The van der Waals surface area contributed by atoms with Gasteiger partial charge < -0.3 is 20.1 Å². The molecule has 0 saturated heterocycles. The molecule has 0 aromatic heterocycles. The first-order valence-corrected chi connectivity index (χ1v) is 7.77. The second-order valence-electron chi connectivity index (χ2n) is 4.54. The molecule has 2 amide bonds. The fraction of sp³-hybridized carbons (Fsp3) is 0.833. The molecule has 1 fully saturated rings. The average Bonchev–Trinajstić information content (AvgIpc) is 3.19. The number of ether oxygens (including phenoxy) is 1. The molecule has 0 aromatic carbocycles. The number of thioether (sulfide) groups is 1. The number of hydrogen-bond donors (Lipinski definition) is 2. The number of urea groups is 1. The maximum atomic E-state index is 12.1. The van der Waals surface area contributed by atoms with Crippen LogP contribution in [0.5, 0.6) is 0 Å². The van der Waals surface area contributed by atoms with Crippen molar-refractivity contribution in [2.75, 3.05) is 32.3 Å². The van der Waals surface area contributed by atoms with Crippen LogP contribution < -0.4 is 5.32 Å². The Labute approximate surface area is 117 Å². The van der Waals surface area contributed by atoms with Gasteiger partial charge in [-0.05, 0) is 31.3 Å². The quantitative estimate of drug-likeness (QED) is 0.662. The molecule has 0 aromatic rings. The summed E-state index contributed by atoms with van der Waals surface area (Å²) in [6, 6.07) is -0.873. The largest absolute Gasteiger partial charge is 0.480 e. The topological polar surface area (TPSA) is 78.9 Å². The number of rotatable bonds is 9. The molecule has 19 heavy (non-hydrogen) atoms. The number of amides is 2. The molecule has 0 radical (unpaired) electrons. The third-order valence-electron chi connectivity index (χ3n) is 2.99. The van der Waals surface area contributed by atoms with E-state index in [1.54, 1.807) is 23.8 Å². The van der Waals surface area contributed by atoms with Gasteiger partial charge in [-0.2, -0.15) is 11.8 Å². The van der Waals surface area contributed by atoms with Crippen LogP contribution in [0.1, 0.15) is 19.3 Å².